The van der Waals surface area contributed by atoms with Gasteiger partial charge < -0.3 is 9.52 Å². The number of aromatic hydroxyl groups is 1. The van der Waals surface area contributed by atoms with Crippen molar-refractivity contribution in [3.63, 3.8) is 0 Å². The third kappa shape index (κ3) is 2.81. The zero-order valence-electron chi connectivity index (χ0n) is 9.04. The predicted molar refractivity (Wildman–Crippen MR) is 62.4 cm³/mol. The van der Waals surface area contributed by atoms with Crippen LogP contribution in [-0.2, 0) is 11.2 Å². The number of benzene rings is 1. The first-order valence-electron chi connectivity index (χ1n) is 5.12. The number of nitrogens with zero attached hydrogens (tertiary/aromatic N) is 1. The van der Waals surface area contributed by atoms with E-state index in [1.165, 1.54) is 18.4 Å². The van der Waals surface area contributed by atoms with Crippen LogP contribution in [0.1, 0.15) is 11.5 Å². The molecule has 0 bridgehead atoms. The molecule has 0 atom stereocenters. The smallest absolute Gasteiger partial charge is 0.197 e. The molecule has 1 N–H and O–H groups in total. The number of phenols is 1. The first-order valence-corrected chi connectivity index (χ1v) is 5.12. The van der Waals surface area contributed by atoms with Gasteiger partial charge in [-0.3, -0.25) is 4.79 Å². The van der Waals surface area contributed by atoms with Crippen LogP contribution in [0.25, 0.3) is 5.57 Å². The molecular formula is C13H11NO3. The standard InChI is InChI=1S/C13H11NO3/c15-9-11(3-6-13-14-7-8-17-13)10-1-4-12(16)5-2-10/h1-5,7-9,16H,6H2. The third-order valence-corrected chi connectivity index (χ3v) is 2.31. The molecule has 86 valence electrons. The molecule has 0 saturated heterocycles. The minimum Gasteiger partial charge on any atom is -0.508 e. The van der Waals surface area contributed by atoms with Gasteiger partial charge in [0, 0.05) is 12.0 Å². The van der Waals surface area contributed by atoms with Crippen LogP contribution in [0.4, 0.5) is 0 Å². The molecule has 0 radical (unpaired) electrons. The van der Waals surface area contributed by atoms with Gasteiger partial charge in [-0.15, -0.1) is 0 Å². The lowest BCUT2D eigenvalue weighted by molar-refractivity contribution is -0.103. The van der Waals surface area contributed by atoms with Crippen LogP contribution in [0.2, 0.25) is 0 Å². The molecule has 0 unspecified atom stereocenters. The molecule has 0 aliphatic carbocycles. The number of oxazole rings is 1. The largest absolute Gasteiger partial charge is 0.508 e. The summed E-state index contributed by atoms with van der Waals surface area (Å²) < 4.78 is 5.07. The van der Waals surface area contributed by atoms with Gasteiger partial charge in [0.25, 0.3) is 0 Å². The number of rotatable bonds is 4. The van der Waals surface area contributed by atoms with Crippen molar-refractivity contribution in [2.75, 3.05) is 0 Å². The molecular weight excluding hydrogens is 218 g/mol. The SMILES string of the molecule is O=CC(=CCc1ncco1)c1ccc(O)cc1. The topological polar surface area (TPSA) is 63.3 Å². The summed E-state index contributed by atoms with van der Waals surface area (Å²) in [5.41, 5.74) is 1.30. The Balaban J connectivity index is 2.18. The number of allylic oxidation sites excluding steroid dienone is 2. The molecule has 1 heterocycles. The van der Waals surface area contributed by atoms with Crippen LogP contribution in [0.5, 0.6) is 5.75 Å². The van der Waals surface area contributed by atoms with Crippen LogP contribution >= 0.6 is 0 Å². The Labute approximate surface area is 98.2 Å². The van der Waals surface area contributed by atoms with E-state index >= 15 is 0 Å². The molecule has 0 saturated carbocycles. The Morgan fingerprint density at radius 2 is 2.12 bits per heavy atom. The summed E-state index contributed by atoms with van der Waals surface area (Å²) in [6.07, 6.45) is 6.02. The second kappa shape index (κ2) is 5.12. The van der Waals surface area contributed by atoms with Crippen molar-refractivity contribution in [1.82, 2.24) is 4.98 Å². The van der Waals surface area contributed by atoms with Gasteiger partial charge in [-0.1, -0.05) is 18.2 Å². The van der Waals surface area contributed by atoms with E-state index in [2.05, 4.69) is 4.98 Å². The summed E-state index contributed by atoms with van der Waals surface area (Å²) in [6, 6.07) is 6.45. The summed E-state index contributed by atoms with van der Waals surface area (Å²) in [5, 5.41) is 9.16. The second-order valence-electron chi connectivity index (χ2n) is 3.45. The first-order chi connectivity index (χ1) is 8.29. The lowest BCUT2D eigenvalue weighted by Gasteiger charge is -2.00. The third-order valence-electron chi connectivity index (χ3n) is 2.31. The Morgan fingerprint density at radius 1 is 1.35 bits per heavy atom. The molecule has 1 aromatic heterocycles. The molecule has 4 nitrogen and oxygen atoms in total. The Morgan fingerprint density at radius 3 is 2.71 bits per heavy atom. The molecule has 1 aromatic carbocycles. The normalized spacial score (nSPS) is 11.4. The summed E-state index contributed by atoms with van der Waals surface area (Å²) in [5.74, 6) is 0.731. The summed E-state index contributed by atoms with van der Waals surface area (Å²) in [7, 11) is 0. The number of carbonyl (C=O) groups is 1. The van der Waals surface area contributed by atoms with E-state index in [1.807, 2.05) is 0 Å². The Hall–Kier alpha value is -2.36. The zero-order chi connectivity index (χ0) is 12.1. The molecule has 2 rings (SSSR count). The van der Waals surface area contributed by atoms with Crippen molar-refractivity contribution < 1.29 is 14.3 Å². The molecule has 0 amide bonds. The van der Waals surface area contributed by atoms with Gasteiger partial charge in [0.05, 0.1) is 6.20 Å². The minimum absolute atomic E-state index is 0.173. The fourth-order valence-electron chi connectivity index (χ4n) is 1.44. The van der Waals surface area contributed by atoms with Crippen molar-refractivity contribution in [2.45, 2.75) is 6.42 Å². The van der Waals surface area contributed by atoms with Crippen LogP contribution in [0.3, 0.4) is 0 Å². The predicted octanol–water partition coefficient (Wildman–Crippen LogP) is 2.21. The number of aldehydes is 1. The maximum atomic E-state index is 11.0. The fourth-order valence-corrected chi connectivity index (χ4v) is 1.44. The molecule has 2 aromatic rings. The van der Waals surface area contributed by atoms with E-state index in [1.54, 1.807) is 24.4 Å². The van der Waals surface area contributed by atoms with Gasteiger partial charge in [-0.25, -0.2) is 4.98 Å². The van der Waals surface area contributed by atoms with Crippen molar-refractivity contribution in [3.05, 3.63) is 54.3 Å². The Kier molecular flexibility index (Phi) is 3.35. The average molecular weight is 229 g/mol. The fraction of sp³-hybridized carbons (Fsp3) is 0.0769. The van der Waals surface area contributed by atoms with E-state index in [4.69, 9.17) is 9.52 Å². The number of aromatic nitrogens is 1. The second-order valence-corrected chi connectivity index (χ2v) is 3.45. The number of hydrogen-bond acceptors (Lipinski definition) is 4. The van der Waals surface area contributed by atoms with Crippen LogP contribution in [0, 0.1) is 0 Å². The van der Waals surface area contributed by atoms with Gasteiger partial charge in [0.2, 0.25) is 0 Å². The highest BCUT2D eigenvalue weighted by Crippen LogP contribution is 2.17. The highest BCUT2D eigenvalue weighted by Gasteiger charge is 2.01. The monoisotopic (exact) mass is 229 g/mol. The van der Waals surface area contributed by atoms with Gasteiger partial charge >= 0.3 is 0 Å². The highest BCUT2D eigenvalue weighted by atomic mass is 16.3. The maximum Gasteiger partial charge on any atom is 0.197 e. The number of carbonyl (C=O) groups excluding carboxylic acids is 1. The number of phenolic OH excluding ortho intramolecular Hbond substituents is 1. The van der Waals surface area contributed by atoms with Crippen LogP contribution in [0.15, 0.2) is 47.2 Å². The lowest BCUT2D eigenvalue weighted by Crippen LogP contribution is -1.88. The molecule has 0 spiro atoms. The lowest BCUT2D eigenvalue weighted by atomic mass is 10.1. The van der Waals surface area contributed by atoms with E-state index < -0.39 is 0 Å². The van der Waals surface area contributed by atoms with Crippen LogP contribution < -0.4 is 0 Å². The molecule has 0 aliphatic rings. The molecule has 0 aliphatic heterocycles. The summed E-state index contributed by atoms with van der Waals surface area (Å²) in [6.45, 7) is 0. The quantitative estimate of drug-likeness (QED) is 0.644. The van der Waals surface area contributed by atoms with E-state index in [0.29, 0.717) is 17.9 Å². The Bertz CT molecular complexity index is 512. The molecule has 0 fully saturated rings. The minimum atomic E-state index is 0.173. The molecule has 4 heteroatoms. The van der Waals surface area contributed by atoms with Crippen LogP contribution in [-0.4, -0.2) is 16.4 Å². The average Bonchev–Trinajstić information content (AvgIpc) is 2.85. The highest BCUT2D eigenvalue weighted by molar-refractivity contribution is 6.06. The zero-order valence-corrected chi connectivity index (χ0v) is 9.04. The van der Waals surface area contributed by atoms with Gasteiger partial charge in [-0.05, 0) is 17.7 Å². The van der Waals surface area contributed by atoms with Gasteiger partial charge in [0.15, 0.2) is 5.89 Å². The first kappa shape index (κ1) is 11.1. The van der Waals surface area contributed by atoms with Crippen molar-refractivity contribution >= 4 is 11.9 Å². The van der Waals surface area contributed by atoms with Gasteiger partial charge in [-0.2, -0.15) is 0 Å². The summed E-state index contributed by atoms with van der Waals surface area (Å²) in [4.78, 5) is 14.9. The summed E-state index contributed by atoms with van der Waals surface area (Å²) >= 11 is 0. The van der Waals surface area contributed by atoms with E-state index in [9.17, 15) is 4.79 Å². The number of hydrogen-bond donors (Lipinski definition) is 1. The van der Waals surface area contributed by atoms with Crippen molar-refractivity contribution in [3.8, 4) is 5.75 Å². The maximum absolute atomic E-state index is 11.0. The van der Waals surface area contributed by atoms with Crippen molar-refractivity contribution in [1.29, 1.82) is 0 Å². The van der Waals surface area contributed by atoms with Crippen molar-refractivity contribution in [2.24, 2.45) is 0 Å². The molecule has 17 heavy (non-hydrogen) atoms. The van der Waals surface area contributed by atoms with E-state index in [-0.39, 0.29) is 5.75 Å². The van der Waals surface area contributed by atoms with E-state index in [0.717, 1.165) is 11.8 Å². The van der Waals surface area contributed by atoms with Gasteiger partial charge in [0.1, 0.15) is 18.3 Å².